The Morgan fingerprint density at radius 2 is 1.69 bits per heavy atom. The number of urea groups is 1. The second kappa shape index (κ2) is 10.6. The molecular weight excluding hydrogens is 440 g/mol. The van der Waals surface area contributed by atoms with Crippen LogP contribution in [-0.4, -0.2) is 78.4 Å². The zero-order valence-corrected chi connectivity index (χ0v) is 21.0. The summed E-state index contributed by atoms with van der Waals surface area (Å²) in [5.41, 5.74) is 1.91. The SMILES string of the molecule is Cc1ccccc1C(=O)N1CCC([C@@]2(CCc3ccccc3)NC(=O)N(CCN(C)C)C2=O)CC1. The van der Waals surface area contributed by atoms with Gasteiger partial charge in [-0.1, -0.05) is 48.5 Å². The van der Waals surface area contributed by atoms with Crippen molar-refractivity contribution in [3.63, 3.8) is 0 Å². The lowest BCUT2D eigenvalue weighted by Crippen LogP contribution is -2.57. The van der Waals surface area contributed by atoms with Gasteiger partial charge in [0.1, 0.15) is 5.54 Å². The van der Waals surface area contributed by atoms with E-state index in [0.717, 1.165) is 16.7 Å². The average molecular weight is 477 g/mol. The van der Waals surface area contributed by atoms with Crippen LogP contribution in [0.25, 0.3) is 0 Å². The fourth-order valence-electron chi connectivity index (χ4n) is 5.34. The van der Waals surface area contributed by atoms with Gasteiger partial charge in [-0.05, 0) is 69.8 Å². The highest BCUT2D eigenvalue weighted by molar-refractivity contribution is 6.07. The molecule has 0 spiro atoms. The fraction of sp³-hybridized carbons (Fsp3) is 0.464. The van der Waals surface area contributed by atoms with Gasteiger partial charge in [-0.2, -0.15) is 0 Å². The van der Waals surface area contributed by atoms with Crippen LogP contribution in [-0.2, 0) is 11.2 Å². The van der Waals surface area contributed by atoms with Crippen molar-refractivity contribution < 1.29 is 14.4 Å². The van der Waals surface area contributed by atoms with Gasteiger partial charge in [0.05, 0.1) is 0 Å². The number of nitrogens with zero attached hydrogens (tertiary/aromatic N) is 3. The quantitative estimate of drug-likeness (QED) is 0.593. The molecule has 35 heavy (non-hydrogen) atoms. The first kappa shape index (κ1) is 24.9. The molecule has 1 N–H and O–H groups in total. The smallest absolute Gasteiger partial charge is 0.325 e. The van der Waals surface area contributed by atoms with Crippen LogP contribution in [0.4, 0.5) is 4.79 Å². The Balaban J connectivity index is 1.52. The summed E-state index contributed by atoms with van der Waals surface area (Å²) in [6.45, 7) is 4.10. The van der Waals surface area contributed by atoms with E-state index in [9.17, 15) is 14.4 Å². The lowest BCUT2D eigenvalue weighted by molar-refractivity contribution is -0.134. The van der Waals surface area contributed by atoms with Gasteiger partial charge in [-0.15, -0.1) is 0 Å². The largest absolute Gasteiger partial charge is 0.339 e. The lowest BCUT2D eigenvalue weighted by atomic mass is 9.74. The number of likely N-dealkylation sites (N-methyl/N-ethyl adjacent to an activating group) is 1. The van der Waals surface area contributed by atoms with E-state index in [2.05, 4.69) is 17.4 Å². The van der Waals surface area contributed by atoms with Gasteiger partial charge < -0.3 is 15.1 Å². The van der Waals surface area contributed by atoms with E-state index in [1.165, 1.54) is 4.90 Å². The van der Waals surface area contributed by atoms with Crippen molar-refractivity contribution in [2.75, 3.05) is 40.3 Å². The van der Waals surface area contributed by atoms with Crippen molar-refractivity contribution in [2.45, 2.75) is 38.1 Å². The van der Waals surface area contributed by atoms with Crippen molar-refractivity contribution in [3.05, 3.63) is 71.3 Å². The highest BCUT2D eigenvalue weighted by Crippen LogP contribution is 2.37. The number of hydrogen-bond acceptors (Lipinski definition) is 4. The molecule has 1 atom stereocenters. The van der Waals surface area contributed by atoms with Crippen LogP contribution in [0.2, 0.25) is 0 Å². The molecule has 0 radical (unpaired) electrons. The third-order valence-electron chi connectivity index (χ3n) is 7.48. The number of hydrogen-bond donors (Lipinski definition) is 1. The first-order chi connectivity index (χ1) is 16.8. The van der Waals surface area contributed by atoms with Gasteiger partial charge in [0, 0.05) is 31.7 Å². The van der Waals surface area contributed by atoms with E-state index >= 15 is 0 Å². The van der Waals surface area contributed by atoms with E-state index in [1.807, 2.05) is 73.3 Å². The molecule has 2 aliphatic heterocycles. The van der Waals surface area contributed by atoms with Crippen LogP contribution in [0, 0.1) is 12.8 Å². The maximum atomic E-state index is 13.8. The zero-order valence-electron chi connectivity index (χ0n) is 21.0. The number of piperidine rings is 1. The molecule has 7 heteroatoms. The Hall–Kier alpha value is -3.19. The van der Waals surface area contributed by atoms with Gasteiger partial charge in [0.25, 0.3) is 11.8 Å². The zero-order chi connectivity index (χ0) is 25.0. The van der Waals surface area contributed by atoms with E-state index in [1.54, 1.807) is 0 Å². The highest BCUT2D eigenvalue weighted by Gasteiger charge is 2.55. The summed E-state index contributed by atoms with van der Waals surface area (Å²) in [5.74, 6) is -0.105. The van der Waals surface area contributed by atoms with E-state index < -0.39 is 5.54 Å². The molecule has 186 valence electrons. The van der Waals surface area contributed by atoms with Crippen LogP contribution < -0.4 is 5.32 Å². The van der Waals surface area contributed by atoms with Gasteiger partial charge in [0.15, 0.2) is 0 Å². The molecule has 0 aliphatic carbocycles. The summed E-state index contributed by atoms with van der Waals surface area (Å²) in [7, 11) is 3.87. The molecule has 2 aromatic carbocycles. The van der Waals surface area contributed by atoms with Gasteiger partial charge in [-0.3, -0.25) is 14.5 Å². The minimum atomic E-state index is -0.933. The number of likely N-dealkylation sites (tertiary alicyclic amines) is 1. The Morgan fingerprint density at radius 1 is 1.03 bits per heavy atom. The maximum Gasteiger partial charge on any atom is 0.325 e. The summed E-state index contributed by atoms with van der Waals surface area (Å²) in [6.07, 6.45) is 2.62. The number of imide groups is 1. The molecule has 0 saturated carbocycles. The molecule has 0 aromatic heterocycles. The molecule has 2 fully saturated rings. The first-order valence-electron chi connectivity index (χ1n) is 12.5. The predicted octanol–water partition coefficient (Wildman–Crippen LogP) is 3.33. The number of carbonyl (C=O) groups is 3. The molecule has 4 amide bonds. The van der Waals surface area contributed by atoms with Crippen molar-refractivity contribution in [1.29, 1.82) is 0 Å². The van der Waals surface area contributed by atoms with E-state index in [-0.39, 0.29) is 23.8 Å². The second-order valence-electron chi connectivity index (χ2n) is 10.0. The van der Waals surface area contributed by atoms with Gasteiger partial charge >= 0.3 is 6.03 Å². The third kappa shape index (κ3) is 5.25. The summed E-state index contributed by atoms with van der Waals surface area (Å²) in [5, 5.41) is 3.13. The van der Waals surface area contributed by atoms with E-state index in [4.69, 9.17) is 0 Å². The van der Waals surface area contributed by atoms with Crippen LogP contribution in [0.3, 0.4) is 0 Å². The van der Waals surface area contributed by atoms with E-state index in [0.29, 0.717) is 51.9 Å². The molecular formula is C28H36N4O3. The van der Waals surface area contributed by atoms with Crippen molar-refractivity contribution in [2.24, 2.45) is 5.92 Å². The molecule has 2 heterocycles. The number of nitrogens with one attached hydrogen (secondary N) is 1. The second-order valence-corrected chi connectivity index (χ2v) is 10.0. The molecule has 0 bridgehead atoms. The van der Waals surface area contributed by atoms with Crippen molar-refractivity contribution in [1.82, 2.24) is 20.0 Å². The standard InChI is InChI=1S/C28H36N4O3/c1-21-9-7-8-12-24(21)25(33)31-17-14-23(15-18-31)28(16-13-22-10-5-4-6-11-22)26(34)32(27(35)29-28)20-19-30(2)3/h4-12,23H,13-20H2,1-3H3,(H,29,35)/t28-/m1/s1. The summed E-state index contributed by atoms with van der Waals surface area (Å²) in [4.78, 5) is 45.1. The topological polar surface area (TPSA) is 73.0 Å². The fourth-order valence-corrected chi connectivity index (χ4v) is 5.34. The highest BCUT2D eigenvalue weighted by atomic mass is 16.2. The average Bonchev–Trinajstić information content (AvgIpc) is 3.11. The van der Waals surface area contributed by atoms with Gasteiger partial charge in [-0.25, -0.2) is 4.79 Å². The van der Waals surface area contributed by atoms with Gasteiger partial charge in [0.2, 0.25) is 0 Å². The van der Waals surface area contributed by atoms with Crippen LogP contribution in [0.15, 0.2) is 54.6 Å². The minimum Gasteiger partial charge on any atom is -0.339 e. The van der Waals surface area contributed by atoms with Crippen molar-refractivity contribution >= 4 is 17.8 Å². The molecule has 0 unspecified atom stereocenters. The van der Waals surface area contributed by atoms with Crippen molar-refractivity contribution in [3.8, 4) is 0 Å². The number of amides is 4. The number of carbonyl (C=O) groups excluding carboxylic acids is 3. The van der Waals surface area contributed by atoms with Crippen LogP contribution in [0.5, 0.6) is 0 Å². The molecule has 2 aliphatic rings. The summed E-state index contributed by atoms with van der Waals surface area (Å²) < 4.78 is 0. The number of aryl methyl sites for hydroxylation is 2. The Kier molecular flexibility index (Phi) is 7.55. The predicted molar refractivity (Wildman–Crippen MR) is 136 cm³/mol. The number of benzene rings is 2. The third-order valence-corrected chi connectivity index (χ3v) is 7.48. The first-order valence-corrected chi connectivity index (χ1v) is 12.5. The van der Waals surface area contributed by atoms with Crippen LogP contribution >= 0.6 is 0 Å². The normalized spacial score (nSPS) is 21.0. The number of rotatable bonds is 8. The Morgan fingerprint density at radius 3 is 2.34 bits per heavy atom. The maximum absolute atomic E-state index is 13.8. The monoisotopic (exact) mass is 476 g/mol. The summed E-state index contributed by atoms with van der Waals surface area (Å²) in [6, 6.07) is 17.4. The summed E-state index contributed by atoms with van der Waals surface area (Å²) >= 11 is 0. The molecule has 2 aromatic rings. The molecule has 2 saturated heterocycles. The van der Waals surface area contributed by atoms with Crippen LogP contribution in [0.1, 0.15) is 40.7 Å². The lowest BCUT2D eigenvalue weighted by Gasteiger charge is -2.41. The Bertz CT molecular complexity index is 1060. The molecule has 7 nitrogen and oxygen atoms in total. The minimum absolute atomic E-state index is 0.0204. The Labute approximate surface area is 208 Å². The molecule has 4 rings (SSSR count).